The maximum absolute atomic E-state index is 6.93. The molecule has 4 nitrogen and oxygen atoms in total. The minimum atomic E-state index is 0.845. The summed E-state index contributed by atoms with van der Waals surface area (Å²) < 4.78 is 14.0. The highest BCUT2D eigenvalue weighted by atomic mass is 16.5. The zero-order chi connectivity index (χ0) is 37.9. The fraction of sp³-hybridized carbons (Fsp3) is 0. The Morgan fingerprint density at radius 3 is 1.14 bits per heavy atom. The molecule has 0 bridgehead atoms. The van der Waals surface area contributed by atoms with Crippen molar-refractivity contribution in [2.45, 2.75) is 0 Å². The summed E-state index contributed by atoms with van der Waals surface area (Å²) >= 11 is 0. The van der Waals surface area contributed by atoms with E-state index in [1.807, 2.05) is 0 Å². The van der Waals surface area contributed by atoms with E-state index in [-0.39, 0.29) is 0 Å². The summed E-state index contributed by atoms with van der Waals surface area (Å²) in [5.41, 5.74) is 15.0. The summed E-state index contributed by atoms with van der Waals surface area (Å²) in [6.45, 7) is 0. The lowest BCUT2D eigenvalue weighted by molar-refractivity contribution is 0.477. The van der Waals surface area contributed by atoms with Gasteiger partial charge in [0.1, 0.15) is 0 Å². The van der Waals surface area contributed by atoms with E-state index in [9.17, 15) is 0 Å². The number of rotatable bonds is 4. The first kappa shape index (κ1) is 31.4. The summed E-state index contributed by atoms with van der Waals surface area (Å²) in [4.78, 5) is 0. The molecule has 0 unspecified atom stereocenters. The van der Waals surface area contributed by atoms with Crippen molar-refractivity contribution in [3.05, 3.63) is 200 Å². The molecule has 0 spiro atoms. The lowest BCUT2D eigenvalue weighted by Gasteiger charge is -2.22. The monoisotopic (exact) mass is 739 g/mol. The van der Waals surface area contributed by atoms with Gasteiger partial charge in [-0.15, -0.1) is 0 Å². The van der Waals surface area contributed by atoms with Crippen LogP contribution in [0, 0.1) is 0 Å². The van der Waals surface area contributed by atoms with Crippen molar-refractivity contribution in [3.63, 3.8) is 0 Å². The van der Waals surface area contributed by atoms with Gasteiger partial charge in [0.15, 0.2) is 11.5 Å². The van der Waals surface area contributed by atoms with Crippen molar-refractivity contribution in [1.29, 1.82) is 0 Å². The Morgan fingerprint density at radius 1 is 0.276 bits per heavy atom. The lowest BCUT2D eigenvalue weighted by Crippen LogP contribution is -2.04. The van der Waals surface area contributed by atoms with E-state index in [2.05, 4.69) is 214 Å². The quantitative estimate of drug-likeness (QED) is 0.176. The molecule has 0 saturated carbocycles. The molecular weight excluding hydrogens is 707 g/mol. The third-order valence-corrected chi connectivity index (χ3v) is 12.2. The number of hydrogen-bond donors (Lipinski definition) is 0. The fourth-order valence-corrected chi connectivity index (χ4v) is 9.64. The average molecular weight is 740 g/mol. The first-order valence-corrected chi connectivity index (χ1v) is 19.8. The van der Waals surface area contributed by atoms with Crippen LogP contribution in [-0.4, -0.2) is 13.7 Å². The number of benzene rings is 9. The number of hydrogen-bond acceptors (Lipinski definition) is 1. The van der Waals surface area contributed by atoms with Crippen molar-refractivity contribution in [3.8, 4) is 50.8 Å². The normalized spacial score (nSPS) is 12.3. The molecule has 1 aliphatic rings. The Labute approximate surface area is 333 Å². The molecule has 270 valence electrons. The summed E-state index contributed by atoms with van der Waals surface area (Å²) in [5.74, 6) is 1.71. The Kier molecular flexibility index (Phi) is 6.41. The number of para-hydroxylation sites is 5. The molecule has 0 radical (unpaired) electrons. The molecule has 0 amide bonds. The van der Waals surface area contributed by atoms with Crippen LogP contribution in [0.5, 0.6) is 11.5 Å². The standard InChI is InChI=1S/C54H33N3O/c1-6-16-46-40(11-1)41-12-2-7-17-47(41)55(46)38-26-21-34(22-27-38)36-25-30-51-52(32-36)58-53-33-37(31-45-44-15-5-10-20-50(44)57(51)54(45)53)35-23-28-39(29-24-35)56-48-18-8-3-13-42(48)43-14-4-9-19-49(43)56/h1-33H. The summed E-state index contributed by atoms with van der Waals surface area (Å²) in [5, 5.41) is 7.45. The van der Waals surface area contributed by atoms with Gasteiger partial charge in [-0.05, 0) is 101 Å². The van der Waals surface area contributed by atoms with E-state index in [0.717, 1.165) is 56.3 Å². The molecule has 1 aliphatic heterocycles. The third kappa shape index (κ3) is 4.40. The highest BCUT2D eigenvalue weighted by Gasteiger charge is 2.25. The Morgan fingerprint density at radius 2 is 0.655 bits per heavy atom. The van der Waals surface area contributed by atoms with Gasteiger partial charge < -0.3 is 18.4 Å². The van der Waals surface area contributed by atoms with E-state index < -0.39 is 0 Å². The van der Waals surface area contributed by atoms with Gasteiger partial charge in [0, 0.05) is 43.7 Å². The predicted octanol–water partition coefficient (Wildman–Crippen LogP) is 14.4. The molecule has 4 heteroatoms. The van der Waals surface area contributed by atoms with Gasteiger partial charge in [-0.25, -0.2) is 0 Å². The van der Waals surface area contributed by atoms with Gasteiger partial charge in [0.2, 0.25) is 0 Å². The van der Waals surface area contributed by atoms with E-state index in [1.165, 1.54) is 59.9 Å². The first-order chi connectivity index (χ1) is 28.8. The molecule has 0 atom stereocenters. The van der Waals surface area contributed by atoms with E-state index in [4.69, 9.17) is 4.74 Å². The van der Waals surface area contributed by atoms with Crippen molar-refractivity contribution in [2.24, 2.45) is 0 Å². The van der Waals surface area contributed by atoms with Gasteiger partial charge in [-0.1, -0.05) is 121 Å². The second kappa shape index (κ2) is 11.8. The molecule has 0 aliphatic carbocycles. The number of fused-ring (bicyclic) bond motifs is 11. The third-order valence-electron chi connectivity index (χ3n) is 12.2. The minimum absolute atomic E-state index is 0.845. The summed E-state index contributed by atoms with van der Waals surface area (Å²) in [7, 11) is 0. The highest BCUT2D eigenvalue weighted by molar-refractivity contribution is 6.14. The van der Waals surface area contributed by atoms with E-state index >= 15 is 0 Å². The second-order valence-electron chi connectivity index (χ2n) is 15.3. The maximum Gasteiger partial charge on any atom is 0.152 e. The Bertz CT molecular complexity index is 3530. The van der Waals surface area contributed by atoms with Crippen molar-refractivity contribution >= 4 is 65.4 Å². The molecular formula is C54H33N3O. The number of nitrogens with zero attached hydrogens (tertiary/aromatic N) is 3. The van der Waals surface area contributed by atoms with E-state index in [0.29, 0.717) is 0 Å². The van der Waals surface area contributed by atoms with Gasteiger partial charge in [-0.3, -0.25) is 0 Å². The van der Waals surface area contributed by atoms with Crippen LogP contribution in [0.1, 0.15) is 0 Å². The van der Waals surface area contributed by atoms with Crippen LogP contribution in [-0.2, 0) is 0 Å². The highest BCUT2D eigenvalue weighted by Crippen LogP contribution is 2.48. The molecule has 4 heterocycles. The van der Waals surface area contributed by atoms with Gasteiger partial charge in [0.05, 0.1) is 38.8 Å². The lowest BCUT2D eigenvalue weighted by atomic mass is 10.0. The molecule has 13 rings (SSSR count). The van der Waals surface area contributed by atoms with Crippen LogP contribution >= 0.6 is 0 Å². The number of ether oxygens (including phenoxy) is 1. The molecule has 0 saturated heterocycles. The van der Waals surface area contributed by atoms with Crippen LogP contribution < -0.4 is 4.74 Å². The summed E-state index contributed by atoms with van der Waals surface area (Å²) in [6.07, 6.45) is 0. The maximum atomic E-state index is 6.93. The molecule has 0 fully saturated rings. The molecule has 58 heavy (non-hydrogen) atoms. The van der Waals surface area contributed by atoms with Crippen LogP contribution in [0.3, 0.4) is 0 Å². The zero-order valence-corrected chi connectivity index (χ0v) is 31.3. The van der Waals surface area contributed by atoms with Crippen LogP contribution in [0.2, 0.25) is 0 Å². The topological polar surface area (TPSA) is 24.0 Å². The Balaban J connectivity index is 0.901. The van der Waals surface area contributed by atoms with Gasteiger partial charge in [-0.2, -0.15) is 0 Å². The van der Waals surface area contributed by atoms with E-state index in [1.54, 1.807) is 0 Å². The largest absolute Gasteiger partial charge is 0.453 e. The predicted molar refractivity (Wildman–Crippen MR) is 240 cm³/mol. The zero-order valence-electron chi connectivity index (χ0n) is 31.3. The van der Waals surface area contributed by atoms with Gasteiger partial charge >= 0.3 is 0 Å². The van der Waals surface area contributed by atoms with Crippen LogP contribution in [0.4, 0.5) is 0 Å². The molecule has 12 aromatic rings. The smallest absolute Gasteiger partial charge is 0.152 e. The second-order valence-corrected chi connectivity index (χ2v) is 15.3. The van der Waals surface area contributed by atoms with Crippen LogP contribution in [0.15, 0.2) is 200 Å². The average Bonchev–Trinajstić information content (AvgIpc) is 3.93. The molecule has 0 N–H and O–H groups in total. The molecule has 9 aromatic carbocycles. The Hall–Kier alpha value is -7.82. The number of aromatic nitrogens is 3. The SMILES string of the molecule is c1ccc2c(c1)c1ccccc1n2-c1ccc(-c2ccc3c(c2)Oc2cc(-c4ccc(-n5c6ccccc6c6ccccc65)cc4)cc4c5ccccc5n-3c24)cc1. The minimum Gasteiger partial charge on any atom is -0.453 e. The van der Waals surface area contributed by atoms with Crippen LogP contribution in [0.25, 0.3) is 105 Å². The van der Waals surface area contributed by atoms with Crippen molar-refractivity contribution < 1.29 is 4.74 Å². The van der Waals surface area contributed by atoms with Gasteiger partial charge in [0.25, 0.3) is 0 Å². The first-order valence-electron chi connectivity index (χ1n) is 19.8. The molecule has 3 aromatic heterocycles. The van der Waals surface area contributed by atoms with Crippen molar-refractivity contribution in [2.75, 3.05) is 0 Å². The van der Waals surface area contributed by atoms with Crippen molar-refractivity contribution in [1.82, 2.24) is 13.7 Å². The fourth-order valence-electron chi connectivity index (χ4n) is 9.64. The summed E-state index contributed by atoms with van der Waals surface area (Å²) in [6, 6.07) is 72.3.